The van der Waals surface area contributed by atoms with Crippen LogP contribution in [0.15, 0.2) is 18.2 Å². The van der Waals surface area contributed by atoms with Crippen molar-refractivity contribution in [3.63, 3.8) is 0 Å². The van der Waals surface area contributed by atoms with E-state index < -0.39 is 0 Å². The maximum absolute atomic E-state index is 13.4. The summed E-state index contributed by atoms with van der Waals surface area (Å²) < 4.78 is 15.2. The van der Waals surface area contributed by atoms with E-state index in [4.69, 9.17) is 5.73 Å². The van der Waals surface area contributed by atoms with E-state index in [1.165, 1.54) is 12.1 Å². The number of aryl methyl sites for hydroxylation is 1. The number of rotatable bonds is 2. The molecule has 0 bridgehead atoms. The van der Waals surface area contributed by atoms with Gasteiger partial charge >= 0.3 is 0 Å². The van der Waals surface area contributed by atoms with Crippen molar-refractivity contribution in [2.45, 2.75) is 26.7 Å². The normalized spacial score (nSPS) is 11.2. The van der Waals surface area contributed by atoms with Gasteiger partial charge in [-0.05, 0) is 24.6 Å². The molecule has 0 aliphatic carbocycles. The molecule has 2 aromatic rings. The fourth-order valence-corrected chi connectivity index (χ4v) is 2.09. The van der Waals surface area contributed by atoms with Gasteiger partial charge in [-0.15, -0.1) is 0 Å². The highest BCUT2D eigenvalue weighted by molar-refractivity contribution is 5.73. The predicted octanol–water partition coefficient (Wildman–Crippen LogP) is 3.24. The number of nitrogen functional groups attached to an aromatic ring is 1. The molecule has 0 amide bonds. The second-order valence-electron chi connectivity index (χ2n) is 4.88. The van der Waals surface area contributed by atoms with Crippen LogP contribution in [0.1, 0.15) is 31.2 Å². The molecule has 1 heterocycles. The summed E-state index contributed by atoms with van der Waals surface area (Å²) in [6.07, 6.45) is 0. The molecule has 0 spiro atoms. The Labute approximate surface area is 106 Å². The van der Waals surface area contributed by atoms with E-state index in [-0.39, 0.29) is 11.7 Å². The van der Waals surface area contributed by atoms with Crippen LogP contribution in [-0.4, -0.2) is 9.55 Å². The maximum atomic E-state index is 13.4. The number of hydrogen-bond acceptors (Lipinski definition) is 2. The molecule has 1 aromatic carbocycles. The first-order chi connectivity index (χ1) is 8.41. The molecular formula is C14H18FN3. The highest BCUT2D eigenvalue weighted by atomic mass is 19.1. The van der Waals surface area contributed by atoms with Gasteiger partial charge in [-0.3, -0.25) is 0 Å². The van der Waals surface area contributed by atoms with Crippen molar-refractivity contribution in [1.29, 1.82) is 0 Å². The van der Waals surface area contributed by atoms with Crippen molar-refractivity contribution in [1.82, 2.24) is 9.55 Å². The zero-order chi connectivity index (χ0) is 13.4. The van der Waals surface area contributed by atoms with Crippen molar-refractivity contribution in [3.8, 4) is 11.3 Å². The van der Waals surface area contributed by atoms with E-state index >= 15 is 0 Å². The summed E-state index contributed by atoms with van der Waals surface area (Å²) in [4.78, 5) is 4.55. The van der Waals surface area contributed by atoms with Gasteiger partial charge in [0.25, 0.3) is 0 Å². The molecule has 0 aliphatic heterocycles. The number of imidazole rings is 1. The zero-order valence-corrected chi connectivity index (χ0v) is 11.2. The summed E-state index contributed by atoms with van der Waals surface area (Å²) in [7, 11) is 1.88. The van der Waals surface area contributed by atoms with Crippen molar-refractivity contribution in [2.24, 2.45) is 7.05 Å². The molecule has 0 saturated carbocycles. The minimum absolute atomic E-state index is 0.272. The molecule has 0 unspecified atom stereocenters. The van der Waals surface area contributed by atoms with Gasteiger partial charge in [0.2, 0.25) is 0 Å². The molecule has 0 atom stereocenters. The van der Waals surface area contributed by atoms with Gasteiger partial charge in [0.15, 0.2) is 0 Å². The van der Waals surface area contributed by atoms with Gasteiger partial charge in [0.05, 0.1) is 0 Å². The van der Waals surface area contributed by atoms with E-state index in [2.05, 4.69) is 18.8 Å². The summed E-state index contributed by atoms with van der Waals surface area (Å²) in [5, 5.41) is 0. The lowest BCUT2D eigenvalue weighted by Crippen LogP contribution is -2.03. The first-order valence-electron chi connectivity index (χ1n) is 6.00. The van der Waals surface area contributed by atoms with Crippen LogP contribution in [0.5, 0.6) is 0 Å². The molecular weight excluding hydrogens is 229 g/mol. The molecule has 0 aliphatic rings. The molecule has 4 heteroatoms. The monoisotopic (exact) mass is 247 g/mol. The Morgan fingerprint density at radius 3 is 2.56 bits per heavy atom. The van der Waals surface area contributed by atoms with Crippen LogP contribution < -0.4 is 5.73 Å². The topological polar surface area (TPSA) is 43.8 Å². The standard InChI is InChI=1S/C14H18FN3/c1-8(2)14-17-12(13(16)18(14)4)11-7-10(15)6-5-9(11)3/h5-8H,16H2,1-4H3. The number of hydrogen-bond donors (Lipinski definition) is 1. The molecule has 3 nitrogen and oxygen atoms in total. The third-order valence-corrected chi connectivity index (χ3v) is 3.15. The smallest absolute Gasteiger partial charge is 0.131 e. The van der Waals surface area contributed by atoms with E-state index in [0.717, 1.165) is 17.0 Å². The van der Waals surface area contributed by atoms with Gasteiger partial charge in [-0.1, -0.05) is 19.9 Å². The molecule has 0 radical (unpaired) electrons. The number of nitrogens with zero attached hydrogens (tertiary/aromatic N) is 2. The Kier molecular flexibility index (Phi) is 3.11. The number of benzene rings is 1. The van der Waals surface area contributed by atoms with E-state index in [9.17, 15) is 4.39 Å². The SMILES string of the molecule is Cc1ccc(F)cc1-c1nc(C(C)C)n(C)c1N. The average molecular weight is 247 g/mol. The number of aromatic nitrogens is 2. The number of nitrogens with two attached hydrogens (primary N) is 1. The third-order valence-electron chi connectivity index (χ3n) is 3.15. The Morgan fingerprint density at radius 1 is 1.33 bits per heavy atom. The highest BCUT2D eigenvalue weighted by Crippen LogP contribution is 2.30. The number of halogens is 1. The van der Waals surface area contributed by atoms with Crippen LogP contribution in [0.4, 0.5) is 10.2 Å². The summed E-state index contributed by atoms with van der Waals surface area (Å²) in [6.45, 7) is 6.05. The first-order valence-corrected chi connectivity index (χ1v) is 6.00. The fourth-order valence-electron chi connectivity index (χ4n) is 2.09. The Balaban J connectivity index is 2.64. The molecule has 0 fully saturated rings. The average Bonchev–Trinajstić information content (AvgIpc) is 2.60. The van der Waals surface area contributed by atoms with Gasteiger partial charge < -0.3 is 10.3 Å². The second-order valence-corrected chi connectivity index (χ2v) is 4.88. The van der Waals surface area contributed by atoms with Crippen molar-refractivity contribution >= 4 is 5.82 Å². The predicted molar refractivity (Wildman–Crippen MR) is 71.8 cm³/mol. The van der Waals surface area contributed by atoms with E-state index in [0.29, 0.717) is 11.5 Å². The summed E-state index contributed by atoms with van der Waals surface area (Å²) in [5.41, 5.74) is 8.46. The Morgan fingerprint density at radius 2 is 2.00 bits per heavy atom. The van der Waals surface area contributed by atoms with Gasteiger partial charge in [-0.2, -0.15) is 0 Å². The maximum Gasteiger partial charge on any atom is 0.131 e. The molecule has 18 heavy (non-hydrogen) atoms. The highest BCUT2D eigenvalue weighted by Gasteiger charge is 2.17. The minimum atomic E-state index is -0.272. The second kappa shape index (κ2) is 4.44. The number of anilines is 1. The first kappa shape index (κ1) is 12.6. The molecule has 1 aromatic heterocycles. The lowest BCUT2D eigenvalue weighted by Gasteiger charge is -2.05. The van der Waals surface area contributed by atoms with Gasteiger partial charge in [-0.25, -0.2) is 9.37 Å². The van der Waals surface area contributed by atoms with Crippen LogP contribution in [-0.2, 0) is 7.05 Å². The van der Waals surface area contributed by atoms with Gasteiger partial charge in [0.1, 0.15) is 23.2 Å². The van der Waals surface area contributed by atoms with Crippen LogP contribution in [0.3, 0.4) is 0 Å². The molecule has 2 N–H and O–H groups in total. The summed E-state index contributed by atoms with van der Waals surface area (Å²) in [5.74, 6) is 1.49. The largest absolute Gasteiger partial charge is 0.383 e. The van der Waals surface area contributed by atoms with Crippen LogP contribution in [0, 0.1) is 12.7 Å². The Hall–Kier alpha value is -1.84. The Bertz CT molecular complexity index is 585. The summed E-state index contributed by atoms with van der Waals surface area (Å²) in [6, 6.07) is 4.67. The lowest BCUT2D eigenvalue weighted by molar-refractivity contribution is 0.628. The lowest BCUT2D eigenvalue weighted by atomic mass is 10.1. The quantitative estimate of drug-likeness (QED) is 0.885. The van der Waals surface area contributed by atoms with E-state index in [1.807, 2.05) is 18.5 Å². The molecule has 96 valence electrons. The molecule has 2 rings (SSSR count). The van der Waals surface area contributed by atoms with Crippen molar-refractivity contribution < 1.29 is 4.39 Å². The van der Waals surface area contributed by atoms with Crippen molar-refractivity contribution in [2.75, 3.05) is 5.73 Å². The van der Waals surface area contributed by atoms with Crippen LogP contribution in [0.25, 0.3) is 11.3 Å². The van der Waals surface area contributed by atoms with Crippen LogP contribution >= 0.6 is 0 Å². The van der Waals surface area contributed by atoms with Crippen LogP contribution in [0.2, 0.25) is 0 Å². The fraction of sp³-hybridized carbons (Fsp3) is 0.357. The van der Waals surface area contributed by atoms with Gasteiger partial charge in [0, 0.05) is 18.5 Å². The zero-order valence-electron chi connectivity index (χ0n) is 11.2. The molecule has 0 saturated heterocycles. The van der Waals surface area contributed by atoms with Crippen molar-refractivity contribution in [3.05, 3.63) is 35.4 Å². The third kappa shape index (κ3) is 1.98. The minimum Gasteiger partial charge on any atom is -0.383 e. The summed E-state index contributed by atoms with van der Waals surface area (Å²) >= 11 is 0. The van der Waals surface area contributed by atoms with E-state index in [1.54, 1.807) is 6.07 Å².